The second-order valence-electron chi connectivity index (χ2n) is 5.17. The topological polar surface area (TPSA) is 87.0 Å². The maximum atomic E-state index is 13.4. The van der Waals surface area contributed by atoms with Crippen LogP contribution in [0.15, 0.2) is 23.4 Å². The molecule has 8 heteroatoms. The number of anilines is 1. The monoisotopic (exact) mass is 296 g/mol. The van der Waals surface area contributed by atoms with Crippen molar-refractivity contribution < 1.29 is 18.7 Å². The Balaban J connectivity index is 2.23. The highest BCUT2D eigenvalue weighted by Crippen LogP contribution is 2.33. The summed E-state index contributed by atoms with van der Waals surface area (Å²) in [6, 6.07) is 3.08. The van der Waals surface area contributed by atoms with E-state index in [1.54, 1.807) is 0 Å². The van der Waals surface area contributed by atoms with Crippen LogP contribution in [0.5, 0.6) is 5.75 Å². The van der Waals surface area contributed by atoms with Crippen molar-refractivity contribution in [3.8, 4) is 5.75 Å². The molecule has 1 saturated heterocycles. The van der Waals surface area contributed by atoms with Gasteiger partial charge in [-0.2, -0.15) is 10.5 Å². The van der Waals surface area contributed by atoms with Gasteiger partial charge in [0.15, 0.2) is 0 Å². The highest BCUT2D eigenvalue weighted by Gasteiger charge is 2.34. The normalized spacial score (nSPS) is 15.8. The fourth-order valence-electron chi connectivity index (χ4n) is 1.88. The summed E-state index contributed by atoms with van der Waals surface area (Å²) in [6.07, 6.45) is 0. The minimum atomic E-state index is -0.611. The number of nitrogens with zero attached hydrogens (tertiary/aromatic N) is 2. The number of benzene rings is 1. The predicted octanol–water partition coefficient (Wildman–Crippen LogP) is 2.33. The summed E-state index contributed by atoms with van der Waals surface area (Å²) < 4.78 is 24.2. The molecule has 0 unspecified atom stereocenters. The van der Waals surface area contributed by atoms with E-state index in [1.807, 2.05) is 6.92 Å². The Morgan fingerprint density at radius 1 is 1.62 bits per heavy atom. The summed E-state index contributed by atoms with van der Waals surface area (Å²) in [6.45, 7) is 3.45. The summed E-state index contributed by atoms with van der Waals surface area (Å²) >= 11 is 0. The van der Waals surface area contributed by atoms with Crippen LogP contribution in [0.25, 0.3) is 0 Å². The van der Waals surface area contributed by atoms with E-state index in [2.05, 4.69) is 10.5 Å². The van der Waals surface area contributed by atoms with Crippen LogP contribution in [0.4, 0.5) is 14.9 Å². The molecule has 21 heavy (non-hydrogen) atoms. The van der Waals surface area contributed by atoms with Gasteiger partial charge in [0.05, 0.1) is 19.8 Å². The van der Waals surface area contributed by atoms with Crippen LogP contribution in [-0.4, -0.2) is 32.9 Å². The van der Waals surface area contributed by atoms with Gasteiger partial charge in [0.1, 0.15) is 17.3 Å². The third-order valence-corrected chi connectivity index (χ3v) is 3.13. The fraction of sp³-hybridized carbons (Fsp3) is 0.462. The molecule has 1 fully saturated rings. The molecule has 1 heterocycles. The predicted molar refractivity (Wildman–Crippen MR) is 72.9 cm³/mol. The lowest BCUT2D eigenvalue weighted by atomic mass is 9.90. The molecule has 0 atom stereocenters. The highest BCUT2D eigenvalue weighted by atomic mass is 19.1. The summed E-state index contributed by atoms with van der Waals surface area (Å²) in [5.74, 6) is -0.340. The molecule has 1 aromatic rings. The number of carbonyl (C=O) groups is 1. The van der Waals surface area contributed by atoms with Gasteiger partial charge in [-0.3, -0.25) is 0 Å². The zero-order valence-electron chi connectivity index (χ0n) is 11.9. The van der Waals surface area contributed by atoms with Gasteiger partial charge < -0.3 is 14.8 Å². The molecular weight excluding hydrogens is 279 g/mol. The van der Waals surface area contributed by atoms with Crippen LogP contribution < -0.4 is 15.1 Å². The minimum Gasteiger partial charge on any atom is -0.490 e. The number of amides is 2. The molecule has 0 aromatic heterocycles. The van der Waals surface area contributed by atoms with Gasteiger partial charge in [0.25, 0.3) is 0 Å². The number of carbonyl (C=O) groups excluding carboxylic acids is 1. The number of urea groups is 1. The van der Waals surface area contributed by atoms with Gasteiger partial charge in [-0.05, 0) is 12.1 Å². The van der Waals surface area contributed by atoms with Crippen LogP contribution >= 0.6 is 0 Å². The first-order valence-corrected chi connectivity index (χ1v) is 6.38. The van der Waals surface area contributed by atoms with Crippen LogP contribution in [0.2, 0.25) is 0 Å². The Kier molecular flexibility index (Phi) is 4.37. The Hall–Kier alpha value is -2.22. The molecule has 1 aliphatic rings. The quantitative estimate of drug-likeness (QED) is 0.645. The number of nitrogens with one attached hydrogen (secondary N) is 2. The maximum Gasteiger partial charge on any atom is 0.343 e. The molecule has 2 rings (SSSR count). The molecular formula is C13H17FN4O3. The highest BCUT2D eigenvalue weighted by molar-refractivity contribution is 5.92. The lowest BCUT2D eigenvalue weighted by Gasteiger charge is -2.37. The van der Waals surface area contributed by atoms with Crippen molar-refractivity contribution in [1.29, 1.82) is 5.53 Å². The van der Waals surface area contributed by atoms with Gasteiger partial charge in [-0.25, -0.2) is 9.18 Å². The van der Waals surface area contributed by atoms with Crippen molar-refractivity contribution in [2.75, 3.05) is 31.9 Å². The molecule has 0 radical (unpaired) electrons. The van der Waals surface area contributed by atoms with Crippen molar-refractivity contribution in [2.24, 2.45) is 10.6 Å². The SMILES string of the molecule is CNC(=O)N(N=N)c1ccc(F)cc1OCC1(C)COC1. The average Bonchev–Trinajstić information content (AvgIpc) is 2.45. The Labute approximate surface area is 121 Å². The first kappa shape index (κ1) is 15.2. The Morgan fingerprint density at radius 2 is 2.33 bits per heavy atom. The van der Waals surface area contributed by atoms with Gasteiger partial charge in [0.2, 0.25) is 0 Å². The number of ether oxygens (including phenoxy) is 2. The molecule has 0 aliphatic carbocycles. The van der Waals surface area contributed by atoms with E-state index in [0.717, 1.165) is 5.01 Å². The van der Waals surface area contributed by atoms with Gasteiger partial charge in [0, 0.05) is 18.5 Å². The first-order valence-electron chi connectivity index (χ1n) is 6.38. The number of hydrogen-bond acceptors (Lipinski definition) is 5. The molecule has 1 aromatic carbocycles. The van der Waals surface area contributed by atoms with Gasteiger partial charge in [-0.15, -0.1) is 0 Å². The van der Waals surface area contributed by atoms with Crippen molar-refractivity contribution in [1.82, 2.24) is 5.32 Å². The van der Waals surface area contributed by atoms with Crippen LogP contribution in [0, 0.1) is 16.8 Å². The van der Waals surface area contributed by atoms with E-state index < -0.39 is 11.8 Å². The third kappa shape index (κ3) is 3.27. The second-order valence-corrected chi connectivity index (χ2v) is 5.17. The van der Waals surface area contributed by atoms with Crippen LogP contribution in [0.3, 0.4) is 0 Å². The number of hydrogen-bond donors (Lipinski definition) is 2. The van der Waals surface area contributed by atoms with E-state index >= 15 is 0 Å². The zero-order chi connectivity index (χ0) is 15.5. The molecule has 114 valence electrons. The second kappa shape index (κ2) is 6.04. The van der Waals surface area contributed by atoms with Gasteiger partial charge in [-0.1, -0.05) is 12.1 Å². The third-order valence-electron chi connectivity index (χ3n) is 3.13. The van der Waals surface area contributed by atoms with Crippen molar-refractivity contribution in [3.05, 3.63) is 24.0 Å². The molecule has 2 amide bonds. The largest absolute Gasteiger partial charge is 0.490 e. The molecule has 0 spiro atoms. The summed E-state index contributed by atoms with van der Waals surface area (Å²) in [4.78, 5) is 11.7. The standard InChI is InChI=1S/C13H17FN4O3/c1-13(6-20-7-13)8-21-11-5-9(14)3-4-10(11)18(17-15)12(19)16-2/h3-5,15H,6-8H2,1-2H3,(H,16,19). The van der Waals surface area contributed by atoms with Crippen molar-refractivity contribution in [3.63, 3.8) is 0 Å². The Morgan fingerprint density at radius 3 is 2.86 bits per heavy atom. The lowest BCUT2D eigenvalue weighted by molar-refractivity contribution is -0.120. The Bertz CT molecular complexity index is 548. The van der Waals surface area contributed by atoms with Crippen molar-refractivity contribution >= 4 is 11.7 Å². The summed E-state index contributed by atoms with van der Waals surface area (Å²) in [5, 5.41) is 6.30. The molecule has 0 saturated carbocycles. The van der Waals surface area contributed by atoms with E-state index in [1.165, 1.54) is 25.2 Å². The van der Waals surface area contributed by atoms with E-state index in [9.17, 15) is 9.18 Å². The molecule has 7 nitrogen and oxygen atoms in total. The maximum absolute atomic E-state index is 13.4. The van der Waals surface area contributed by atoms with Crippen LogP contribution in [-0.2, 0) is 4.74 Å². The number of halogens is 1. The van der Waals surface area contributed by atoms with Gasteiger partial charge >= 0.3 is 6.03 Å². The minimum absolute atomic E-state index is 0.125. The molecule has 1 aliphatic heterocycles. The summed E-state index contributed by atoms with van der Waals surface area (Å²) in [7, 11) is 1.41. The molecule has 0 bridgehead atoms. The fourth-order valence-corrected chi connectivity index (χ4v) is 1.88. The average molecular weight is 296 g/mol. The summed E-state index contributed by atoms with van der Waals surface area (Å²) in [5.41, 5.74) is 7.18. The van der Waals surface area contributed by atoms with Crippen molar-refractivity contribution in [2.45, 2.75) is 6.92 Å². The molecule has 2 N–H and O–H groups in total. The van der Waals surface area contributed by atoms with E-state index in [4.69, 9.17) is 15.0 Å². The smallest absolute Gasteiger partial charge is 0.343 e. The van der Waals surface area contributed by atoms with E-state index in [0.29, 0.717) is 19.8 Å². The zero-order valence-corrected chi connectivity index (χ0v) is 11.9. The van der Waals surface area contributed by atoms with Crippen LogP contribution in [0.1, 0.15) is 6.92 Å². The van der Waals surface area contributed by atoms with E-state index in [-0.39, 0.29) is 16.9 Å². The number of rotatable bonds is 5. The first-order chi connectivity index (χ1) is 9.99. The lowest BCUT2D eigenvalue weighted by Crippen LogP contribution is -2.44.